The lowest BCUT2D eigenvalue weighted by Crippen LogP contribution is -2.37. The van der Waals surface area contributed by atoms with E-state index in [1.54, 1.807) is 0 Å². The number of benzene rings is 1. The summed E-state index contributed by atoms with van der Waals surface area (Å²) in [4.78, 5) is 24.4. The number of aryl methyl sites for hydroxylation is 1. The van der Waals surface area contributed by atoms with Gasteiger partial charge in [0.25, 0.3) is 0 Å². The molecule has 2 aromatic rings. The fraction of sp³-hybridized carbons (Fsp3) is 0.438. The molecule has 0 bridgehead atoms. The first kappa shape index (κ1) is 15.3. The Morgan fingerprint density at radius 1 is 1.43 bits per heavy atom. The van der Waals surface area contributed by atoms with E-state index in [1.165, 1.54) is 11.8 Å². The van der Waals surface area contributed by atoms with Crippen molar-refractivity contribution < 1.29 is 14.3 Å². The van der Waals surface area contributed by atoms with Crippen LogP contribution in [0.3, 0.4) is 0 Å². The molecule has 3 rings (SSSR count). The summed E-state index contributed by atoms with van der Waals surface area (Å²) in [6, 6.07) is 7.95. The number of cyclic esters (lactones) is 1. The summed E-state index contributed by atoms with van der Waals surface area (Å²) in [5.74, 6) is -0.182. The van der Waals surface area contributed by atoms with Crippen LogP contribution in [0.1, 0.15) is 32.1 Å². The van der Waals surface area contributed by atoms with Gasteiger partial charge in [0.05, 0.1) is 18.7 Å². The quantitative estimate of drug-likeness (QED) is 0.915. The molecular formula is C16H20N4O3. The van der Waals surface area contributed by atoms with Crippen molar-refractivity contribution in [3.05, 3.63) is 30.0 Å². The molecule has 1 saturated heterocycles. The molecule has 122 valence electrons. The number of nitrogens with zero attached hydrogens (tertiary/aromatic N) is 3. The van der Waals surface area contributed by atoms with Crippen LogP contribution in [-0.2, 0) is 16.1 Å². The number of nitrogens with one attached hydrogen (secondary N) is 1. The van der Waals surface area contributed by atoms with Gasteiger partial charge in [-0.3, -0.25) is 14.4 Å². The highest BCUT2D eigenvalue weighted by Gasteiger charge is 2.35. The Hall–Kier alpha value is -2.57. The normalized spacial score (nSPS) is 17.6. The van der Waals surface area contributed by atoms with E-state index in [4.69, 9.17) is 4.74 Å². The van der Waals surface area contributed by atoms with E-state index in [-0.39, 0.29) is 12.6 Å². The standard InChI is InChI=1S/C16H20N4O3/c1-3-8-20-13-7-5-4-6-12(13)15(18-20)14-9-19(16(22)23-14)10-17-11(2)21/h4-7,14H,3,8-10H2,1-2H3,(H,17,21). The summed E-state index contributed by atoms with van der Waals surface area (Å²) in [6.45, 7) is 4.86. The van der Waals surface area contributed by atoms with Crippen LogP contribution in [0.5, 0.6) is 0 Å². The summed E-state index contributed by atoms with van der Waals surface area (Å²) >= 11 is 0. The lowest BCUT2D eigenvalue weighted by molar-refractivity contribution is -0.119. The van der Waals surface area contributed by atoms with Crippen LogP contribution in [0.2, 0.25) is 0 Å². The van der Waals surface area contributed by atoms with Gasteiger partial charge < -0.3 is 10.1 Å². The third-order valence-corrected chi connectivity index (χ3v) is 3.83. The molecule has 1 N–H and O–H groups in total. The third kappa shape index (κ3) is 2.99. The Bertz CT molecular complexity index is 740. The fourth-order valence-corrected chi connectivity index (χ4v) is 2.76. The minimum absolute atomic E-state index is 0.151. The smallest absolute Gasteiger partial charge is 0.412 e. The highest BCUT2D eigenvalue weighted by molar-refractivity contribution is 5.83. The van der Waals surface area contributed by atoms with Gasteiger partial charge in [0, 0.05) is 18.9 Å². The van der Waals surface area contributed by atoms with Crippen molar-refractivity contribution in [1.82, 2.24) is 20.0 Å². The van der Waals surface area contributed by atoms with E-state index in [1.807, 2.05) is 28.9 Å². The molecule has 2 heterocycles. The Kier molecular flexibility index (Phi) is 4.18. The number of rotatable bonds is 5. The summed E-state index contributed by atoms with van der Waals surface area (Å²) in [5.41, 5.74) is 1.81. The van der Waals surface area contributed by atoms with Gasteiger partial charge in [0.15, 0.2) is 6.10 Å². The van der Waals surface area contributed by atoms with Crippen molar-refractivity contribution in [2.75, 3.05) is 13.2 Å². The second kappa shape index (κ2) is 6.28. The van der Waals surface area contributed by atoms with E-state index in [0.717, 1.165) is 29.6 Å². The number of carbonyl (C=O) groups is 2. The molecule has 7 nitrogen and oxygen atoms in total. The number of para-hydroxylation sites is 1. The second-order valence-corrected chi connectivity index (χ2v) is 5.61. The average Bonchev–Trinajstić information content (AvgIpc) is 3.07. The van der Waals surface area contributed by atoms with E-state index in [2.05, 4.69) is 17.3 Å². The van der Waals surface area contributed by atoms with Crippen molar-refractivity contribution in [2.45, 2.75) is 32.9 Å². The zero-order chi connectivity index (χ0) is 16.4. The SMILES string of the molecule is CCCn1nc(C2CN(CNC(C)=O)C(=O)O2)c2ccccc21. The van der Waals surface area contributed by atoms with Crippen molar-refractivity contribution in [3.63, 3.8) is 0 Å². The predicted octanol–water partition coefficient (Wildman–Crippen LogP) is 2.03. The molecule has 1 aromatic heterocycles. The monoisotopic (exact) mass is 316 g/mol. The minimum Gasteiger partial charge on any atom is -0.438 e. The topological polar surface area (TPSA) is 76.5 Å². The molecule has 1 fully saturated rings. The highest BCUT2D eigenvalue weighted by Crippen LogP contribution is 2.30. The summed E-state index contributed by atoms with van der Waals surface area (Å²) in [6.07, 6.45) is 0.127. The molecule has 0 radical (unpaired) electrons. The number of fused-ring (bicyclic) bond motifs is 1. The van der Waals surface area contributed by atoms with Gasteiger partial charge in [-0.1, -0.05) is 25.1 Å². The summed E-state index contributed by atoms with van der Waals surface area (Å²) < 4.78 is 7.41. The largest absolute Gasteiger partial charge is 0.438 e. The molecule has 1 aliphatic rings. The predicted molar refractivity (Wildman–Crippen MR) is 84.6 cm³/mol. The molecule has 0 saturated carbocycles. The van der Waals surface area contributed by atoms with Gasteiger partial charge >= 0.3 is 6.09 Å². The maximum Gasteiger partial charge on any atom is 0.412 e. The average molecular weight is 316 g/mol. The van der Waals surface area contributed by atoms with E-state index < -0.39 is 12.2 Å². The zero-order valence-electron chi connectivity index (χ0n) is 13.3. The van der Waals surface area contributed by atoms with Crippen LogP contribution in [0, 0.1) is 0 Å². The Morgan fingerprint density at radius 2 is 2.22 bits per heavy atom. The Labute approximate surface area is 134 Å². The second-order valence-electron chi connectivity index (χ2n) is 5.61. The lowest BCUT2D eigenvalue weighted by Gasteiger charge is -2.12. The molecule has 1 aliphatic heterocycles. The molecular weight excluding hydrogens is 296 g/mol. The molecule has 0 aliphatic carbocycles. The molecule has 7 heteroatoms. The first-order valence-corrected chi connectivity index (χ1v) is 7.75. The van der Waals surface area contributed by atoms with Crippen LogP contribution in [-0.4, -0.2) is 39.9 Å². The van der Waals surface area contributed by atoms with Gasteiger partial charge in [0.1, 0.15) is 5.69 Å². The van der Waals surface area contributed by atoms with Gasteiger partial charge in [-0.05, 0) is 12.5 Å². The highest BCUT2D eigenvalue weighted by atomic mass is 16.6. The van der Waals surface area contributed by atoms with Crippen molar-refractivity contribution >= 4 is 22.9 Å². The number of ether oxygens (including phenoxy) is 1. The van der Waals surface area contributed by atoms with Crippen molar-refractivity contribution in [3.8, 4) is 0 Å². The fourth-order valence-electron chi connectivity index (χ4n) is 2.76. The molecule has 2 amide bonds. The zero-order valence-corrected chi connectivity index (χ0v) is 13.3. The Morgan fingerprint density at radius 3 is 2.96 bits per heavy atom. The van der Waals surface area contributed by atoms with E-state index >= 15 is 0 Å². The van der Waals surface area contributed by atoms with E-state index in [9.17, 15) is 9.59 Å². The lowest BCUT2D eigenvalue weighted by atomic mass is 10.1. The molecule has 1 atom stereocenters. The molecule has 0 spiro atoms. The first-order valence-electron chi connectivity index (χ1n) is 7.75. The van der Waals surface area contributed by atoms with Crippen LogP contribution in [0.4, 0.5) is 4.79 Å². The van der Waals surface area contributed by atoms with E-state index in [0.29, 0.717) is 6.54 Å². The third-order valence-electron chi connectivity index (χ3n) is 3.83. The van der Waals surface area contributed by atoms with Crippen LogP contribution in [0.15, 0.2) is 24.3 Å². The van der Waals surface area contributed by atoms with Crippen molar-refractivity contribution in [2.24, 2.45) is 0 Å². The van der Waals surface area contributed by atoms with Gasteiger partial charge in [0.2, 0.25) is 5.91 Å². The minimum atomic E-state index is -0.433. The number of hydrogen-bond donors (Lipinski definition) is 1. The number of aromatic nitrogens is 2. The van der Waals surface area contributed by atoms with Gasteiger partial charge in [-0.25, -0.2) is 4.79 Å². The van der Waals surface area contributed by atoms with Gasteiger partial charge in [-0.2, -0.15) is 5.10 Å². The van der Waals surface area contributed by atoms with Crippen LogP contribution >= 0.6 is 0 Å². The maximum atomic E-state index is 12.0. The van der Waals surface area contributed by atoms with Crippen molar-refractivity contribution in [1.29, 1.82) is 0 Å². The summed E-state index contributed by atoms with van der Waals surface area (Å²) in [5, 5.41) is 8.26. The number of carbonyl (C=O) groups excluding carboxylic acids is 2. The maximum absolute atomic E-state index is 12.0. The Balaban J connectivity index is 1.86. The van der Waals surface area contributed by atoms with Crippen LogP contribution in [0.25, 0.3) is 10.9 Å². The first-order chi connectivity index (χ1) is 11.1. The molecule has 1 aromatic carbocycles. The van der Waals surface area contributed by atoms with Gasteiger partial charge in [-0.15, -0.1) is 0 Å². The van der Waals surface area contributed by atoms with Crippen LogP contribution < -0.4 is 5.32 Å². The number of amides is 2. The summed E-state index contributed by atoms with van der Waals surface area (Å²) in [7, 11) is 0. The molecule has 1 unspecified atom stereocenters. The number of hydrogen-bond acceptors (Lipinski definition) is 4. The molecule has 23 heavy (non-hydrogen) atoms.